The number of carbonyl (C=O) groups excluding carboxylic acids is 1. The van der Waals surface area contributed by atoms with Gasteiger partial charge in [-0.25, -0.2) is 4.98 Å². The number of methoxy groups -OCH3 is 2. The van der Waals surface area contributed by atoms with Crippen molar-refractivity contribution in [2.24, 2.45) is 0 Å². The van der Waals surface area contributed by atoms with E-state index in [2.05, 4.69) is 17.2 Å². The first-order chi connectivity index (χ1) is 14.6. The van der Waals surface area contributed by atoms with Gasteiger partial charge in [0.2, 0.25) is 0 Å². The van der Waals surface area contributed by atoms with Gasteiger partial charge < -0.3 is 14.2 Å². The number of hydrogen-bond acceptors (Lipinski definition) is 6. The number of benzene rings is 2. The molecule has 0 radical (unpaired) electrons. The van der Waals surface area contributed by atoms with E-state index in [1.807, 2.05) is 29.6 Å². The van der Waals surface area contributed by atoms with Crippen molar-refractivity contribution in [2.45, 2.75) is 26.2 Å². The van der Waals surface area contributed by atoms with E-state index in [9.17, 15) is 4.79 Å². The van der Waals surface area contributed by atoms with E-state index < -0.39 is 0 Å². The number of ether oxygens (including phenoxy) is 3. The van der Waals surface area contributed by atoms with Crippen molar-refractivity contribution in [3.63, 3.8) is 0 Å². The molecule has 0 spiro atoms. The molecule has 0 saturated carbocycles. The summed E-state index contributed by atoms with van der Waals surface area (Å²) in [6.45, 7) is 2.80. The van der Waals surface area contributed by atoms with Gasteiger partial charge >= 0.3 is 0 Å². The summed E-state index contributed by atoms with van der Waals surface area (Å²) in [6.07, 6.45) is 3.28. The predicted octanol–water partition coefficient (Wildman–Crippen LogP) is 5.65. The molecule has 6 nitrogen and oxygen atoms in total. The van der Waals surface area contributed by atoms with Gasteiger partial charge in [0.05, 0.1) is 26.5 Å². The first kappa shape index (κ1) is 21.6. The molecule has 0 bridgehead atoms. The molecule has 0 saturated heterocycles. The van der Waals surface area contributed by atoms with E-state index >= 15 is 0 Å². The van der Waals surface area contributed by atoms with Gasteiger partial charge in [-0.05, 0) is 36.8 Å². The Labute approximate surface area is 180 Å². The van der Waals surface area contributed by atoms with E-state index in [0.29, 0.717) is 34.6 Å². The summed E-state index contributed by atoms with van der Waals surface area (Å²) in [5.41, 5.74) is 2.09. The lowest BCUT2D eigenvalue weighted by molar-refractivity contribution is 0.102. The summed E-state index contributed by atoms with van der Waals surface area (Å²) in [5.74, 6) is 1.83. The zero-order valence-corrected chi connectivity index (χ0v) is 18.3. The van der Waals surface area contributed by atoms with Crippen molar-refractivity contribution in [3.8, 4) is 28.5 Å². The Morgan fingerprint density at radius 1 is 1.07 bits per heavy atom. The maximum Gasteiger partial charge on any atom is 0.257 e. The molecular weight excluding hydrogens is 400 g/mol. The third-order valence-corrected chi connectivity index (χ3v) is 5.28. The Bertz CT molecular complexity index is 987. The first-order valence-corrected chi connectivity index (χ1v) is 10.7. The largest absolute Gasteiger partial charge is 0.497 e. The molecular formula is C23H26N2O4S. The molecule has 0 atom stereocenters. The number of thiazole rings is 1. The molecule has 2 aromatic carbocycles. The highest BCUT2D eigenvalue weighted by Crippen LogP contribution is 2.35. The van der Waals surface area contributed by atoms with E-state index in [-0.39, 0.29) is 5.91 Å². The van der Waals surface area contributed by atoms with Crippen molar-refractivity contribution < 1.29 is 19.0 Å². The van der Waals surface area contributed by atoms with Gasteiger partial charge in [-0.2, -0.15) is 0 Å². The lowest BCUT2D eigenvalue weighted by Gasteiger charge is -2.08. The van der Waals surface area contributed by atoms with Crippen LogP contribution in [0, 0.1) is 0 Å². The predicted molar refractivity (Wildman–Crippen MR) is 120 cm³/mol. The zero-order chi connectivity index (χ0) is 21.3. The van der Waals surface area contributed by atoms with Gasteiger partial charge in [0.15, 0.2) is 5.13 Å². The molecule has 3 rings (SSSR count). The Hall–Kier alpha value is -3.06. The lowest BCUT2D eigenvalue weighted by atomic mass is 10.1. The van der Waals surface area contributed by atoms with Gasteiger partial charge in [-0.3, -0.25) is 10.1 Å². The average molecular weight is 427 g/mol. The highest BCUT2D eigenvalue weighted by molar-refractivity contribution is 7.14. The zero-order valence-electron chi connectivity index (χ0n) is 17.4. The van der Waals surface area contributed by atoms with Crippen LogP contribution in [-0.2, 0) is 0 Å². The minimum Gasteiger partial charge on any atom is -0.497 e. The average Bonchev–Trinajstić information content (AvgIpc) is 3.24. The van der Waals surface area contributed by atoms with Crippen LogP contribution in [0.3, 0.4) is 0 Å². The van der Waals surface area contributed by atoms with Crippen LogP contribution in [0.15, 0.2) is 47.8 Å². The van der Waals surface area contributed by atoms with E-state index in [1.54, 1.807) is 32.4 Å². The molecule has 0 aliphatic carbocycles. The number of amides is 1. The maximum absolute atomic E-state index is 12.7. The maximum atomic E-state index is 12.7. The Kier molecular flexibility index (Phi) is 7.68. The summed E-state index contributed by atoms with van der Waals surface area (Å²) < 4.78 is 16.4. The van der Waals surface area contributed by atoms with Crippen molar-refractivity contribution in [3.05, 3.63) is 53.4 Å². The Morgan fingerprint density at radius 2 is 1.93 bits per heavy atom. The van der Waals surface area contributed by atoms with Crippen LogP contribution in [0.2, 0.25) is 0 Å². The third-order valence-electron chi connectivity index (χ3n) is 4.52. The van der Waals surface area contributed by atoms with Crippen LogP contribution >= 0.6 is 11.3 Å². The van der Waals surface area contributed by atoms with Crippen molar-refractivity contribution >= 4 is 22.4 Å². The van der Waals surface area contributed by atoms with Crippen LogP contribution in [-0.4, -0.2) is 31.7 Å². The van der Waals surface area contributed by atoms with E-state index in [1.165, 1.54) is 11.3 Å². The number of nitrogens with one attached hydrogen (secondary N) is 1. The number of carbonyl (C=O) groups is 1. The summed E-state index contributed by atoms with van der Waals surface area (Å²) >= 11 is 1.36. The first-order valence-electron chi connectivity index (χ1n) is 9.86. The monoisotopic (exact) mass is 426 g/mol. The Balaban J connectivity index is 1.68. The molecule has 1 N–H and O–H groups in total. The van der Waals surface area contributed by atoms with Crippen LogP contribution < -0.4 is 19.5 Å². The van der Waals surface area contributed by atoms with Gasteiger partial charge in [0, 0.05) is 22.6 Å². The van der Waals surface area contributed by atoms with Crippen molar-refractivity contribution in [2.75, 3.05) is 26.1 Å². The molecule has 0 unspecified atom stereocenters. The molecule has 0 aliphatic heterocycles. The van der Waals surface area contributed by atoms with Gasteiger partial charge in [-0.1, -0.05) is 25.8 Å². The Morgan fingerprint density at radius 3 is 2.70 bits per heavy atom. The molecule has 3 aromatic rings. The topological polar surface area (TPSA) is 69.7 Å². The van der Waals surface area contributed by atoms with Crippen LogP contribution in [0.25, 0.3) is 11.3 Å². The van der Waals surface area contributed by atoms with Crippen LogP contribution in [0.1, 0.15) is 36.5 Å². The number of nitrogens with zero attached hydrogens (tertiary/aromatic N) is 1. The van der Waals surface area contributed by atoms with E-state index in [0.717, 1.165) is 30.5 Å². The number of unbranched alkanes of at least 4 members (excludes halogenated alkanes) is 2. The van der Waals surface area contributed by atoms with Crippen molar-refractivity contribution in [1.29, 1.82) is 0 Å². The van der Waals surface area contributed by atoms with Gasteiger partial charge in [-0.15, -0.1) is 11.3 Å². The second-order valence-corrected chi connectivity index (χ2v) is 7.50. The van der Waals surface area contributed by atoms with Gasteiger partial charge in [0.25, 0.3) is 5.91 Å². The number of anilines is 1. The SMILES string of the molecule is CCCCCOc1cccc(C(=O)Nc2nc(-c3ccc(OC)cc3OC)cs2)c1. The summed E-state index contributed by atoms with van der Waals surface area (Å²) in [5, 5.41) is 5.26. The third kappa shape index (κ3) is 5.51. The molecule has 0 fully saturated rings. The second kappa shape index (κ2) is 10.6. The van der Waals surface area contributed by atoms with E-state index in [4.69, 9.17) is 14.2 Å². The molecule has 0 aliphatic rings. The quantitative estimate of drug-likeness (QED) is 0.424. The molecule has 7 heteroatoms. The van der Waals surface area contributed by atoms with Gasteiger partial charge in [0.1, 0.15) is 17.2 Å². The van der Waals surface area contributed by atoms with Crippen LogP contribution in [0.5, 0.6) is 17.2 Å². The minimum atomic E-state index is -0.225. The minimum absolute atomic E-state index is 0.225. The fourth-order valence-corrected chi connectivity index (χ4v) is 3.61. The molecule has 1 aromatic heterocycles. The fourth-order valence-electron chi connectivity index (χ4n) is 2.90. The standard InChI is InChI=1S/C23H26N2O4S/c1-4-5-6-12-29-18-9-7-8-16(13-18)22(26)25-23-24-20(15-30-23)19-11-10-17(27-2)14-21(19)28-3/h7-11,13-15H,4-6,12H2,1-3H3,(H,24,25,26). The number of aromatic nitrogens is 1. The molecule has 30 heavy (non-hydrogen) atoms. The smallest absolute Gasteiger partial charge is 0.257 e. The van der Waals surface area contributed by atoms with Crippen LogP contribution in [0.4, 0.5) is 5.13 Å². The number of rotatable bonds is 10. The number of hydrogen-bond donors (Lipinski definition) is 1. The van der Waals surface area contributed by atoms with Crippen molar-refractivity contribution in [1.82, 2.24) is 4.98 Å². The highest BCUT2D eigenvalue weighted by atomic mass is 32.1. The summed E-state index contributed by atoms with van der Waals surface area (Å²) in [6, 6.07) is 12.7. The second-order valence-electron chi connectivity index (χ2n) is 6.64. The fraction of sp³-hybridized carbons (Fsp3) is 0.304. The molecule has 1 amide bonds. The summed E-state index contributed by atoms with van der Waals surface area (Å²) in [7, 11) is 3.21. The highest BCUT2D eigenvalue weighted by Gasteiger charge is 2.14. The molecule has 158 valence electrons. The molecule has 1 heterocycles. The normalized spacial score (nSPS) is 10.5. The lowest BCUT2D eigenvalue weighted by Crippen LogP contribution is -2.12. The summed E-state index contributed by atoms with van der Waals surface area (Å²) in [4.78, 5) is 17.2.